The van der Waals surface area contributed by atoms with Crippen LogP contribution in [-0.2, 0) is 6.42 Å². The van der Waals surface area contributed by atoms with Crippen LogP contribution >= 0.6 is 0 Å². The Morgan fingerprint density at radius 3 is 2.52 bits per heavy atom. The minimum Gasteiger partial charge on any atom is -0.486 e. The third kappa shape index (κ3) is 3.77. The molecule has 5 rings (SSSR count). The maximum Gasteiger partial charge on any atom is 0.133 e. The molecule has 1 saturated heterocycles. The van der Waals surface area contributed by atoms with Crippen molar-refractivity contribution in [1.82, 2.24) is 4.90 Å². The van der Waals surface area contributed by atoms with E-state index in [1.54, 1.807) is 0 Å². The summed E-state index contributed by atoms with van der Waals surface area (Å²) >= 11 is 0. The first-order chi connectivity index (χ1) is 14.2. The van der Waals surface area contributed by atoms with Crippen molar-refractivity contribution < 1.29 is 9.84 Å². The molecule has 2 aliphatic rings. The Morgan fingerprint density at radius 2 is 1.69 bits per heavy atom. The standard InChI is InChI=1S/C26H29NO2/c28-24-19-26(29-25-22-11-5-4-10-21(22)12-13-23(24)25)14-17-27(18-15-26)16-6-9-20-7-2-1-3-8-20/h1-5,7-8,10-13,24,28H,6,9,14-19H2. The second kappa shape index (κ2) is 7.81. The number of aryl methyl sites for hydroxylation is 1. The van der Waals surface area contributed by atoms with Crippen LogP contribution in [0.1, 0.15) is 42.9 Å². The molecule has 0 aliphatic carbocycles. The third-order valence-corrected chi connectivity index (χ3v) is 6.70. The number of aliphatic hydroxyl groups is 1. The number of benzene rings is 3. The molecule has 3 aromatic rings. The van der Waals surface area contributed by atoms with E-state index in [0.29, 0.717) is 6.42 Å². The molecule has 0 radical (unpaired) electrons. The van der Waals surface area contributed by atoms with E-state index in [1.165, 1.54) is 17.4 Å². The molecular weight excluding hydrogens is 358 g/mol. The van der Waals surface area contributed by atoms with Gasteiger partial charge in [0.25, 0.3) is 0 Å². The van der Waals surface area contributed by atoms with E-state index in [0.717, 1.165) is 55.6 Å². The van der Waals surface area contributed by atoms with E-state index in [1.807, 2.05) is 6.07 Å². The molecule has 150 valence electrons. The van der Waals surface area contributed by atoms with Crippen molar-refractivity contribution >= 4 is 10.8 Å². The highest BCUT2D eigenvalue weighted by Gasteiger charge is 2.43. The molecule has 0 aromatic heterocycles. The number of rotatable bonds is 4. The van der Waals surface area contributed by atoms with Crippen LogP contribution in [0.25, 0.3) is 10.8 Å². The smallest absolute Gasteiger partial charge is 0.133 e. The molecule has 0 bridgehead atoms. The van der Waals surface area contributed by atoms with Gasteiger partial charge in [0.1, 0.15) is 11.4 Å². The molecule has 3 nitrogen and oxygen atoms in total. The summed E-state index contributed by atoms with van der Waals surface area (Å²) in [5.74, 6) is 0.902. The monoisotopic (exact) mass is 387 g/mol. The van der Waals surface area contributed by atoms with Gasteiger partial charge in [-0.05, 0) is 43.2 Å². The average Bonchev–Trinajstić information content (AvgIpc) is 2.76. The number of nitrogens with zero attached hydrogens (tertiary/aromatic N) is 1. The first-order valence-corrected chi connectivity index (χ1v) is 10.9. The summed E-state index contributed by atoms with van der Waals surface area (Å²) < 4.78 is 6.68. The third-order valence-electron chi connectivity index (χ3n) is 6.70. The van der Waals surface area contributed by atoms with Crippen molar-refractivity contribution in [3.8, 4) is 5.75 Å². The highest BCUT2D eigenvalue weighted by atomic mass is 16.5. The van der Waals surface area contributed by atoms with Crippen molar-refractivity contribution in [2.45, 2.75) is 43.8 Å². The second-order valence-corrected chi connectivity index (χ2v) is 8.64. The van der Waals surface area contributed by atoms with Crippen molar-refractivity contribution in [3.05, 3.63) is 77.9 Å². The summed E-state index contributed by atoms with van der Waals surface area (Å²) in [6.45, 7) is 3.22. The topological polar surface area (TPSA) is 32.7 Å². The van der Waals surface area contributed by atoms with Gasteiger partial charge in [0.15, 0.2) is 0 Å². The van der Waals surface area contributed by atoms with Gasteiger partial charge in [0.2, 0.25) is 0 Å². The van der Waals surface area contributed by atoms with Crippen LogP contribution in [0.15, 0.2) is 66.7 Å². The van der Waals surface area contributed by atoms with Crippen LogP contribution in [0.5, 0.6) is 5.75 Å². The van der Waals surface area contributed by atoms with Crippen LogP contribution in [-0.4, -0.2) is 35.2 Å². The molecule has 3 aromatic carbocycles. The Balaban J connectivity index is 1.25. The van der Waals surface area contributed by atoms with Crippen LogP contribution in [0.4, 0.5) is 0 Å². The van der Waals surface area contributed by atoms with Gasteiger partial charge in [0, 0.05) is 30.5 Å². The number of likely N-dealkylation sites (tertiary alicyclic amines) is 1. The maximum atomic E-state index is 10.9. The maximum absolute atomic E-state index is 10.9. The Kier molecular flexibility index (Phi) is 5.03. The van der Waals surface area contributed by atoms with E-state index < -0.39 is 6.10 Å². The SMILES string of the molecule is OC1CC2(CCN(CCCc3ccccc3)CC2)Oc2c1ccc1ccccc21. The van der Waals surface area contributed by atoms with Crippen molar-refractivity contribution in [3.63, 3.8) is 0 Å². The zero-order valence-electron chi connectivity index (χ0n) is 16.9. The molecular formula is C26H29NO2. The van der Waals surface area contributed by atoms with Gasteiger partial charge in [0.05, 0.1) is 6.10 Å². The fourth-order valence-electron chi connectivity index (χ4n) is 5.00. The quantitative estimate of drug-likeness (QED) is 0.674. The lowest BCUT2D eigenvalue weighted by molar-refractivity contribution is -0.0527. The van der Waals surface area contributed by atoms with Gasteiger partial charge in [-0.25, -0.2) is 0 Å². The van der Waals surface area contributed by atoms with Crippen molar-refractivity contribution in [1.29, 1.82) is 0 Å². The first kappa shape index (κ1) is 18.7. The molecule has 3 heteroatoms. The molecule has 29 heavy (non-hydrogen) atoms. The molecule has 0 amide bonds. The average molecular weight is 388 g/mol. The largest absolute Gasteiger partial charge is 0.486 e. The Labute approximate surface area is 172 Å². The number of aliphatic hydroxyl groups excluding tert-OH is 1. The van der Waals surface area contributed by atoms with Crippen LogP contribution in [0.2, 0.25) is 0 Å². The van der Waals surface area contributed by atoms with Gasteiger partial charge in [-0.1, -0.05) is 66.7 Å². The molecule has 1 atom stereocenters. The van der Waals surface area contributed by atoms with Crippen LogP contribution in [0.3, 0.4) is 0 Å². The normalized spacial score (nSPS) is 21.1. The molecule has 1 unspecified atom stereocenters. The molecule has 1 spiro atoms. The molecule has 2 aliphatic heterocycles. The lowest BCUT2D eigenvalue weighted by atomic mass is 9.81. The minimum absolute atomic E-state index is 0.230. The summed E-state index contributed by atoms with van der Waals surface area (Å²) in [5.41, 5.74) is 2.13. The van der Waals surface area contributed by atoms with Gasteiger partial charge in [-0.15, -0.1) is 0 Å². The van der Waals surface area contributed by atoms with E-state index in [2.05, 4.69) is 65.6 Å². The minimum atomic E-state index is -0.437. The molecule has 0 saturated carbocycles. The van der Waals surface area contributed by atoms with Crippen molar-refractivity contribution in [2.24, 2.45) is 0 Å². The van der Waals surface area contributed by atoms with Crippen LogP contribution < -0.4 is 4.74 Å². The number of hydrogen-bond acceptors (Lipinski definition) is 3. The lowest BCUT2D eigenvalue weighted by Gasteiger charge is -2.46. The second-order valence-electron chi connectivity index (χ2n) is 8.64. The lowest BCUT2D eigenvalue weighted by Crippen LogP contribution is -2.50. The van der Waals surface area contributed by atoms with Crippen LogP contribution in [0, 0.1) is 0 Å². The molecule has 1 N–H and O–H groups in total. The van der Waals surface area contributed by atoms with E-state index >= 15 is 0 Å². The number of hydrogen-bond donors (Lipinski definition) is 1. The van der Waals surface area contributed by atoms with E-state index in [9.17, 15) is 5.11 Å². The summed E-state index contributed by atoms with van der Waals surface area (Å²) in [4.78, 5) is 2.56. The Morgan fingerprint density at radius 1 is 0.931 bits per heavy atom. The van der Waals surface area contributed by atoms with Gasteiger partial charge in [-0.2, -0.15) is 0 Å². The Bertz CT molecular complexity index is 976. The Hall–Kier alpha value is -2.36. The molecule has 1 fully saturated rings. The fourth-order valence-corrected chi connectivity index (χ4v) is 5.00. The number of fused-ring (bicyclic) bond motifs is 3. The van der Waals surface area contributed by atoms with E-state index in [-0.39, 0.29) is 5.60 Å². The first-order valence-electron chi connectivity index (χ1n) is 10.9. The number of ether oxygens (including phenoxy) is 1. The molecule has 2 heterocycles. The van der Waals surface area contributed by atoms with Gasteiger partial charge in [-0.3, -0.25) is 0 Å². The summed E-state index contributed by atoms with van der Waals surface area (Å²) in [6, 6.07) is 23.2. The van der Waals surface area contributed by atoms with Gasteiger partial charge < -0.3 is 14.7 Å². The highest BCUT2D eigenvalue weighted by Crippen LogP contribution is 2.47. The van der Waals surface area contributed by atoms with E-state index in [4.69, 9.17) is 4.74 Å². The fraction of sp³-hybridized carbons (Fsp3) is 0.385. The van der Waals surface area contributed by atoms with Crippen molar-refractivity contribution in [2.75, 3.05) is 19.6 Å². The summed E-state index contributed by atoms with van der Waals surface area (Å²) in [6.07, 6.45) is 4.56. The predicted molar refractivity (Wildman–Crippen MR) is 117 cm³/mol. The summed E-state index contributed by atoms with van der Waals surface area (Å²) in [5, 5.41) is 13.2. The zero-order chi connectivity index (χ0) is 19.7. The number of piperidine rings is 1. The predicted octanol–water partition coefficient (Wildman–Crippen LogP) is 5.12. The highest BCUT2D eigenvalue weighted by molar-refractivity contribution is 5.90. The van der Waals surface area contributed by atoms with Gasteiger partial charge >= 0.3 is 0 Å². The zero-order valence-corrected chi connectivity index (χ0v) is 16.9. The summed E-state index contributed by atoms with van der Waals surface area (Å²) in [7, 11) is 0.